The lowest BCUT2D eigenvalue weighted by Gasteiger charge is -2.06. The van der Waals surface area contributed by atoms with Crippen molar-refractivity contribution in [2.24, 2.45) is 5.92 Å². The summed E-state index contributed by atoms with van der Waals surface area (Å²) in [6.07, 6.45) is 4.41. The Morgan fingerprint density at radius 1 is 1.25 bits per heavy atom. The van der Waals surface area contributed by atoms with Gasteiger partial charge < -0.3 is 10.6 Å². The Morgan fingerprint density at radius 3 is 2.42 bits per heavy atom. The molecule has 0 heterocycles. The topological polar surface area (TPSA) is 41.1 Å². The molecule has 1 amide bonds. The van der Waals surface area contributed by atoms with Gasteiger partial charge in [0.25, 0.3) is 0 Å². The molecule has 2 aliphatic carbocycles. The second-order valence-electron chi connectivity index (χ2n) is 3.51. The zero-order valence-electron chi connectivity index (χ0n) is 6.80. The summed E-state index contributed by atoms with van der Waals surface area (Å²) in [5.74, 6) is 0.331. The van der Waals surface area contributed by atoms with E-state index in [-0.39, 0.29) is 11.8 Å². The minimum atomic E-state index is 0.0909. The highest BCUT2D eigenvalue weighted by Gasteiger charge is 2.30. The van der Waals surface area contributed by atoms with Crippen LogP contribution in [-0.2, 0) is 4.79 Å². The number of rotatable bonds is 2. The summed E-state index contributed by atoms with van der Waals surface area (Å²) in [5.41, 5.74) is 0. The summed E-state index contributed by atoms with van der Waals surface area (Å²) in [5, 5.41) is 6.27. The maximum Gasteiger partial charge on any atom is 0.229 e. The van der Waals surface area contributed by atoms with E-state index in [4.69, 9.17) is 12.2 Å². The largest absolute Gasteiger partial charge is 0.360 e. The van der Waals surface area contributed by atoms with Gasteiger partial charge in [0, 0.05) is 12.0 Å². The molecule has 0 aromatic rings. The molecule has 2 saturated carbocycles. The third-order valence-electron chi connectivity index (χ3n) is 2.10. The van der Waals surface area contributed by atoms with Gasteiger partial charge >= 0.3 is 0 Å². The van der Waals surface area contributed by atoms with E-state index in [2.05, 4.69) is 10.6 Å². The lowest BCUT2D eigenvalue weighted by molar-refractivity contribution is -0.120. The van der Waals surface area contributed by atoms with Crippen molar-refractivity contribution >= 4 is 23.2 Å². The smallest absolute Gasteiger partial charge is 0.229 e. The zero-order valence-corrected chi connectivity index (χ0v) is 7.62. The minimum absolute atomic E-state index is 0.0909. The molecule has 0 aliphatic heterocycles. The number of carbonyl (C=O) groups excluding carboxylic acids is 1. The highest BCUT2D eigenvalue weighted by Crippen LogP contribution is 2.28. The third kappa shape index (κ3) is 2.17. The molecule has 0 aromatic carbocycles. The van der Waals surface area contributed by atoms with E-state index < -0.39 is 0 Å². The summed E-state index contributed by atoms with van der Waals surface area (Å²) in [6.45, 7) is 0. The molecule has 2 rings (SSSR count). The van der Waals surface area contributed by atoms with Crippen molar-refractivity contribution in [2.75, 3.05) is 0 Å². The number of amides is 1. The molecule has 0 atom stereocenters. The Kier molecular flexibility index (Phi) is 2.00. The Labute approximate surface area is 76.9 Å². The van der Waals surface area contributed by atoms with Crippen molar-refractivity contribution in [3.63, 3.8) is 0 Å². The van der Waals surface area contributed by atoms with Gasteiger partial charge in [-0.25, -0.2) is 0 Å². The fraction of sp³-hybridized carbons (Fsp3) is 0.750. The van der Waals surface area contributed by atoms with Gasteiger partial charge in [-0.1, -0.05) is 0 Å². The number of carbonyl (C=O) groups is 1. The summed E-state index contributed by atoms with van der Waals surface area (Å²) in [7, 11) is 0. The van der Waals surface area contributed by atoms with Crippen LogP contribution in [-0.4, -0.2) is 17.1 Å². The van der Waals surface area contributed by atoms with Gasteiger partial charge in [-0.05, 0) is 37.9 Å². The van der Waals surface area contributed by atoms with Gasteiger partial charge in [0.05, 0.1) is 0 Å². The first-order chi connectivity index (χ1) is 5.75. The van der Waals surface area contributed by atoms with Crippen LogP contribution >= 0.6 is 12.2 Å². The fourth-order valence-electron chi connectivity index (χ4n) is 1.01. The van der Waals surface area contributed by atoms with Crippen molar-refractivity contribution in [1.29, 1.82) is 0 Å². The second-order valence-corrected chi connectivity index (χ2v) is 3.92. The summed E-state index contributed by atoms with van der Waals surface area (Å²) < 4.78 is 0. The quantitative estimate of drug-likeness (QED) is 0.616. The van der Waals surface area contributed by atoms with Crippen LogP contribution in [0.25, 0.3) is 0 Å². The lowest BCUT2D eigenvalue weighted by atomic mass is 10.4. The summed E-state index contributed by atoms with van der Waals surface area (Å²) in [4.78, 5) is 11.2. The molecule has 0 radical (unpaired) electrons. The van der Waals surface area contributed by atoms with Gasteiger partial charge in [-0.3, -0.25) is 4.79 Å². The van der Waals surface area contributed by atoms with E-state index in [0.29, 0.717) is 11.2 Å². The van der Waals surface area contributed by atoms with Gasteiger partial charge in [0.1, 0.15) is 0 Å². The van der Waals surface area contributed by atoms with E-state index in [1.165, 1.54) is 12.8 Å². The zero-order chi connectivity index (χ0) is 8.55. The molecule has 66 valence electrons. The molecule has 0 bridgehead atoms. The molecule has 4 heteroatoms. The molecule has 0 spiro atoms. The first-order valence-corrected chi connectivity index (χ1v) is 4.78. The Balaban J connectivity index is 1.69. The molecular formula is C8H12N2OS. The maximum atomic E-state index is 11.2. The molecule has 3 nitrogen and oxygen atoms in total. The van der Waals surface area contributed by atoms with E-state index in [0.717, 1.165) is 12.8 Å². The van der Waals surface area contributed by atoms with Crippen molar-refractivity contribution < 1.29 is 4.79 Å². The van der Waals surface area contributed by atoms with Crippen molar-refractivity contribution in [3.05, 3.63) is 0 Å². The van der Waals surface area contributed by atoms with Crippen LogP contribution < -0.4 is 10.6 Å². The third-order valence-corrected chi connectivity index (χ3v) is 2.32. The molecule has 0 unspecified atom stereocenters. The maximum absolute atomic E-state index is 11.2. The predicted octanol–water partition coefficient (Wildman–Crippen LogP) is 0.549. The van der Waals surface area contributed by atoms with Gasteiger partial charge in [0.15, 0.2) is 5.11 Å². The van der Waals surface area contributed by atoms with Crippen molar-refractivity contribution in [3.8, 4) is 0 Å². The summed E-state index contributed by atoms with van der Waals surface area (Å²) >= 11 is 4.95. The van der Waals surface area contributed by atoms with Crippen LogP contribution in [0.3, 0.4) is 0 Å². The molecular weight excluding hydrogens is 172 g/mol. The van der Waals surface area contributed by atoms with E-state index in [1.807, 2.05) is 0 Å². The van der Waals surface area contributed by atoms with Crippen molar-refractivity contribution in [2.45, 2.75) is 31.7 Å². The number of thiocarbonyl (C=S) groups is 1. The van der Waals surface area contributed by atoms with Gasteiger partial charge in [0.2, 0.25) is 5.91 Å². The van der Waals surface area contributed by atoms with Crippen LogP contribution in [0.5, 0.6) is 0 Å². The highest BCUT2D eigenvalue weighted by atomic mass is 32.1. The van der Waals surface area contributed by atoms with Gasteiger partial charge in [-0.2, -0.15) is 0 Å². The van der Waals surface area contributed by atoms with Crippen LogP contribution in [0, 0.1) is 5.92 Å². The average molecular weight is 184 g/mol. The minimum Gasteiger partial charge on any atom is -0.360 e. The standard InChI is InChI=1S/C8H12N2OS/c11-7(5-1-2-5)10-8(12)9-6-3-4-6/h5-6H,1-4H2,(H2,9,10,11,12). The van der Waals surface area contributed by atoms with Crippen LogP contribution in [0.15, 0.2) is 0 Å². The van der Waals surface area contributed by atoms with E-state index in [1.54, 1.807) is 0 Å². The van der Waals surface area contributed by atoms with E-state index >= 15 is 0 Å². The molecule has 2 fully saturated rings. The van der Waals surface area contributed by atoms with E-state index in [9.17, 15) is 4.79 Å². The Bertz CT molecular complexity index is 221. The first-order valence-electron chi connectivity index (χ1n) is 4.37. The Morgan fingerprint density at radius 2 is 1.92 bits per heavy atom. The first kappa shape index (κ1) is 7.98. The van der Waals surface area contributed by atoms with Crippen LogP contribution in [0.2, 0.25) is 0 Å². The van der Waals surface area contributed by atoms with Gasteiger partial charge in [-0.15, -0.1) is 0 Å². The lowest BCUT2D eigenvalue weighted by Crippen LogP contribution is -2.40. The predicted molar refractivity (Wildman–Crippen MR) is 49.6 cm³/mol. The number of hydrogen-bond donors (Lipinski definition) is 2. The highest BCUT2D eigenvalue weighted by molar-refractivity contribution is 7.80. The molecule has 0 saturated heterocycles. The molecule has 12 heavy (non-hydrogen) atoms. The fourth-order valence-corrected chi connectivity index (χ4v) is 1.28. The average Bonchev–Trinajstić information content (AvgIpc) is 2.83. The SMILES string of the molecule is O=C(NC(=S)NC1CC1)C1CC1. The monoisotopic (exact) mass is 184 g/mol. The molecule has 2 aliphatic rings. The van der Waals surface area contributed by atoms with Crippen molar-refractivity contribution in [1.82, 2.24) is 10.6 Å². The van der Waals surface area contributed by atoms with Crippen LogP contribution in [0.1, 0.15) is 25.7 Å². The molecule has 0 aromatic heterocycles. The summed E-state index contributed by atoms with van der Waals surface area (Å²) in [6, 6.07) is 0.525. The Hall–Kier alpha value is -0.640. The molecule has 2 N–H and O–H groups in total. The number of nitrogens with one attached hydrogen (secondary N) is 2. The van der Waals surface area contributed by atoms with Crippen LogP contribution in [0.4, 0.5) is 0 Å². The number of hydrogen-bond acceptors (Lipinski definition) is 2. The second kappa shape index (κ2) is 3.01. The normalized spacial score (nSPS) is 21.7.